The van der Waals surface area contributed by atoms with Crippen LogP contribution in [0.25, 0.3) is 6.08 Å². The van der Waals surface area contributed by atoms with E-state index in [-0.39, 0.29) is 24.6 Å². The third kappa shape index (κ3) is 6.91. The van der Waals surface area contributed by atoms with Crippen molar-refractivity contribution >= 4 is 24.2 Å². The number of allylic oxidation sites excluding steroid dienone is 1. The smallest absolute Gasteiger partial charge is 0.308 e. The van der Waals surface area contributed by atoms with Gasteiger partial charge in [-0.1, -0.05) is 30.3 Å². The molecule has 1 aromatic carbocycles. The largest absolute Gasteiger partial charge is 0.460 e. The molecule has 0 spiro atoms. The SMILES string of the molecule is CC(=O)N(CCC(=O)OC(C)(C)C)C([C]=O)=Cc1ccccc1. The number of rotatable bonds is 6. The molecule has 5 nitrogen and oxygen atoms in total. The summed E-state index contributed by atoms with van der Waals surface area (Å²) >= 11 is 0. The van der Waals surface area contributed by atoms with E-state index < -0.39 is 11.6 Å². The monoisotopic (exact) mass is 316 g/mol. The summed E-state index contributed by atoms with van der Waals surface area (Å²) in [6, 6.07) is 9.13. The van der Waals surface area contributed by atoms with Crippen LogP contribution in [0.5, 0.6) is 0 Å². The average molecular weight is 316 g/mol. The van der Waals surface area contributed by atoms with Crippen molar-refractivity contribution in [1.82, 2.24) is 4.90 Å². The zero-order chi connectivity index (χ0) is 17.5. The summed E-state index contributed by atoms with van der Waals surface area (Å²) < 4.78 is 5.20. The van der Waals surface area contributed by atoms with Crippen LogP contribution in [0.1, 0.15) is 39.7 Å². The van der Waals surface area contributed by atoms with Crippen LogP contribution in [0.4, 0.5) is 0 Å². The summed E-state index contributed by atoms with van der Waals surface area (Å²) in [4.78, 5) is 36.0. The van der Waals surface area contributed by atoms with Crippen molar-refractivity contribution in [2.24, 2.45) is 0 Å². The number of ether oxygens (including phenoxy) is 1. The fraction of sp³-hybridized carbons (Fsp3) is 0.389. The van der Waals surface area contributed by atoms with Gasteiger partial charge in [0.15, 0.2) is 0 Å². The third-order valence-corrected chi connectivity index (χ3v) is 2.84. The van der Waals surface area contributed by atoms with Crippen molar-refractivity contribution in [2.45, 2.75) is 39.7 Å². The predicted molar refractivity (Wildman–Crippen MR) is 88.0 cm³/mol. The van der Waals surface area contributed by atoms with Gasteiger partial charge in [0.2, 0.25) is 5.91 Å². The number of hydrogen-bond acceptors (Lipinski definition) is 4. The zero-order valence-corrected chi connectivity index (χ0v) is 14.0. The fourth-order valence-electron chi connectivity index (χ4n) is 1.91. The number of benzene rings is 1. The zero-order valence-electron chi connectivity index (χ0n) is 14.0. The number of carbonyl (C=O) groups excluding carboxylic acids is 3. The molecule has 0 aromatic heterocycles. The number of carbonyl (C=O) groups is 2. The van der Waals surface area contributed by atoms with E-state index in [0.29, 0.717) is 0 Å². The quantitative estimate of drug-likeness (QED) is 0.598. The Morgan fingerprint density at radius 3 is 2.30 bits per heavy atom. The van der Waals surface area contributed by atoms with Gasteiger partial charge in [-0.15, -0.1) is 0 Å². The Labute approximate surface area is 136 Å². The number of nitrogens with zero attached hydrogens (tertiary/aromatic N) is 1. The van der Waals surface area contributed by atoms with Crippen LogP contribution in [0, 0.1) is 0 Å². The van der Waals surface area contributed by atoms with E-state index in [9.17, 15) is 14.4 Å². The van der Waals surface area contributed by atoms with E-state index in [1.54, 1.807) is 33.1 Å². The minimum Gasteiger partial charge on any atom is -0.460 e. The van der Waals surface area contributed by atoms with Crippen molar-refractivity contribution in [2.75, 3.05) is 6.54 Å². The highest BCUT2D eigenvalue weighted by atomic mass is 16.6. The van der Waals surface area contributed by atoms with Crippen LogP contribution in [0.3, 0.4) is 0 Å². The molecule has 0 aliphatic heterocycles. The molecule has 5 heteroatoms. The maximum Gasteiger partial charge on any atom is 0.308 e. The Morgan fingerprint density at radius 1 is 1.22 bits per heavy atom. The fourth-order valence-corrected chi connectivity index (χ4v) is 1.91. The van der Waals surface area contributed by atoms with Crippen molar-refractivity contribution in [3.63, 3.8) is 0 Å². The first-order valence-electron chi connectivity index (χ1n) is 7.38. The van der Waals surface area contributed by atoms with E-state index in [1.807, 2.05) is 30.3 Å². The molecule has 0 unspecified atom stereocenters. The van der Waals surface area contributed by atoms with Gasteiger partial charge in [0.1, 0.15) is 5.60 Å². The first-order valence-corrected chi connectivity index (χ1v) is 7.38. The highest BCUT2D eigenvalue weighted by Crippen LogP contribution is 2.13. The van der Waals surface area contributed by atoms with E-state index in [4.69, 9.17) is 4.74 Å². The Morgan fingerprint density at radius 2 is 1.83 bits per heavy atom. The lowest BCUT2D eigenvalue weighted by Crippen LogP contribution is -2.32. The maximum atomic E-state index is 11.8. The lowest BCUT2D eigenvalue weighted by Gasteiger charge is -2.23. The summed E-state index contributed by atoms with van der Waals surface area (Å²) in [5, 5.41) is 0. The molecule has 0 saturated heterocycles. The van der Waals surface area contributed by atoms with Gasteiger partial charge in [-0.25, -0.2) is 0 Å². The molecule has 0 N–H and O–H groups in total. The van der Waals surface area contributed by atoms with Crippen molar-refractivity contribution < 1.29 is 19.1 Å². The highest BCUT2D eigenvalue weighted by Gasteiger charge is 2.20. The van der Waals surface area contributed by atoms with Gasteiger partial charge in [0.05, 0.1) is 12.1 Å². The average Bonchev–Trinajstić information content (AvgIpc) is 2.45. The molecule has 1 rings (SSSR count). The highest BCUT2D eigenvalue weighted by molar-refractivity contribution is 5.89. The van der Waals surface area contributed by atoms with Crippen LogP contribution in [-0.4, -0.2) is 35.2 Å². The molecule has 1 radical (unpaired) electrons. The minimum atomic E-state index is -0.586. The van der Waals surface area contributed by atoms with Crippen LogP contribution in [-0.2, 0) is 19.1 Å². The van der Waals surface area contributed by atoms with Gasteiger partial charge in [-0.2, -0.15) is 0 Å². The molecular weight excluding hydrogens is 294 g/mol. The van der Waals surface area contributed by atoms with Crippen molar-refractivity contribution in [3.8, 4) is 0 Å². The van der Waals surface area contributed by atoms with Crippen LogP contribution in [0.15, 0.2) is 36.0 Å². The Bertz CT molecular complexity index is 585. The minimum absolute atomic E-state index is 0.00462. The van der Waals surface area contributed by atoms with Gasteiger partial charge in [0, 0.05) is 13.5 Å². The van der Waals surface area contributed by atoms with Gasteiger partial charge in [-0.3, -0.25) is 14.4 Å². The summed E-state index contributed by atoms with van der Waals surface area (Å²) in [5.41, 5.74) is 0.277. The van der Waals surface area contributed by atoms with Crippen LogP contribution in [0.2, 0.25) is 0 Å². The Hall–Kier alpha value is -2.43. The summed E-state index contributed by atoms with van der Waals surface area (Å²) in [6.45, 7) is 6.72. The van der Waals surface area contributed by atoms with E-state index in [0.717, 1.165) is 5.56 Å². The second kappa shape index (κ2) is 8.27. The third-order valence-electron chi connectivity index (χ3n) is 2.84. The molecule has 0 saturated carbocycles. The Balaban J connectivity index is 2.84. The molecule has 1 amide bonds. The molecule has 23 heavy (non-hydrogen) atoms. The maximum absolute atomic E-state index is 11.8. The topological polar surface area (TPSA) is 63.7 Å². The normalized spacial score (nSPS) is 11.7. The van der Waals surface area contributed by atoms with E-state index in [2.05, 4.69) is 0 Å². The van der Waals surface area contributed by atoms with Crippen molar-refractivity contribution in [1.29, 1.82) is 0 Å². The number of hydrogen-bond donors (Lipinski definition) is 0. The van der Waals surface area contributed by atoms with Gasteiger partial charge in [-0.05, 0) is 32.4 Å². The van der Waals surface area contributed by atoms with Gasteiger partial charge < -0.3 is 9.64 Å². The molecular formula is C18H22NO4. The first-order chi connectivity index (χ1) is 10.7. The molecule has 0 heterocycles. The lowest BCUT2D eigenvalue weighted by molar-refractivity contribution is -0.155. The molecule has 0 bridgehead atoms. The second-order valence-corrected chi connectivity index (χ2v) is 6.05. The lowest BCUT2D eigenvalue weighted by atomic mass is 10.2. The van der Waals surface area contributed by atoms with E-state index in [1.165, 1.54) is 11.8 Å². The van der Waals surface area contributed by atoms with Crippen LogP contribution >= 0.6 is 0 Å². The summed E-state index contributed by atoms with van der Waals surface area (Å²) in [5.74, 6) is -0.757. The van der Waals surface area contributed by atoms with Gasteiger partial charge >= 0.3 is 5.97 Å². The Kier molecular flexibility index (Phi) is 6.69. The number of esters is 1. The molecule has 0 atom stereocenters. The van der Waals surface area contributed by atoms with E-state index >= 15 is 0 Å². The molecule has 1 aromatic rings. The van der Waals surface area contributed by atoms with Crippen LogP contribution < -0.4 is 0 Å². The summed E-state index contributed by atoms with van der Waals surface area (Å²) in [6.07, 6.45) is 3.33. The van der Waals surface area contributed by atoms with Crippen molar-refractivity contribution in [3.05, 3.63) is 41.6 Å². The molecule has 0 fully saturated rings. The standard InChI is InChI=1S/C18H22NO4/c1-14(21)19(11-10-17(22)23-18(2,3)4)16(13-20)12-15-8-6-5-7-9-15/h5-9,12H,10-11H2,1-4H3. The molecule has 0 aliphatic carbocycles. The number of amides is 1. The molecule has 123 valence electrons. The van der Waals surface area contributed by atoms with Gasteiger partial charge in [0.25, 0.3) is 6.29 Å². The first kappa shape index (κ1) is 18.6. The molecule has 0 aliphatic rings. The predicted octanol–water partition coefficient (Wildman–Crippen LogP) is 2.72. The summed E-state index contributed by atoms with van der Waals surface area (Å²) in [7, 11) is 0. The second-order valence-electron chi connectivity index (χ2n) is 6.05.